The molecule has 28 heavy (non-hydrogen) atoms. The summed E-state index contributed by atoms with van der Waals surface area (Å²) in [5.41, 5.74) is 7.09. The fraction of sp³-hybridized carbons (Fsp3) is 0.130. The summed E-state index contributed by atoms with van der Waals surface area (Å²) in [5.74, 6) is 2.75. The molecule has 1 amide bonds. The average molecular weight is 371 g/mol. The van der Waals surface area contributed by atoms with Crippen molar-refractivity contribution in [3.8, 4) is 23.8 Å². The molecule has 3 rings (SSSR count). The maximum atomic E-state index is 12.3. The summed E-state index contributed by atoms with van der Waals surface area (Å²) in [5, 5.41) is 4.03. The Balaban J connectivity index is 1.67. The summed E-state index contributed by atoms with van der Waals surface area (Å²) in [4.78, 5) is 12.3. The largest absolute Gasteiger partial charge is 0.480 e. The van der Waals surface area contributed by atoms with Gasteiger partial charge < -0.3 is 9.30 Å². The molecule has 3 aromatic rings. The van der Waals surface area contributed by atoms with Crippen LogP contribution < -0.4 is 10.2 Å². The van der Waals surface area contributed by atoms with E-state index in [1.807, 2.05) is 44.2 Å². The van der Waals surface area contributed by atoms with Crippen molar-refractivity contribution >= 4 is 12.1 Å². The van der Waals surface area contributed by atoms with Crippen molar-refractivity contribution in [1.82, 2.24) is 9.99 Å². The highest BCUT2D eigenvalue weighted by molar-refractivity contribution is 5.95. The molecule has 1 aromatic heterocycles. The number of aryl methyl sites for hydroxylation is 2. The van der Waals surface area contributed by atoms with Gasteiger partial charge in [-0.1, -0.05) is 18.1 Å². The molecule has 1 N–H and O–H groups in total. The van der Waals surface area contributed by atoms with Crippen LogP contribution in [0.1, 0.15) is 27.3 Å². The van der Waals surface area contributed by atoms with Crippen molar-refractivity contribution in [2.75, 3.05) is 6.61 Å². The minimum absolute atomic E-state index is 0.171. The van der Waals surface area contributed by atoms with Crippen LogP contribution in [0.4, 0.5) is 0 Å². The number of aromatic nitrogens is 1. The van der Waals surface area contributed by atoms with E-state index in [-0.39, 0.29) is 12.5 Å². The molecule has 5 nitrogen and oxygen atoms in total. The maximum absolute atomic E-state index is 12.3. The Morgan fingerprint density at radius 2 is 1.79 bits per heavy atom. The SMILES string of the molecule is C#CCOc1ccccc1/C=N\NC(=O)c1ccc(-n2c(C)ccc2C)cc1. The molecule has 0 radical (unpaired) electrons. The fourth-order valence-electron chi connectivity index (χ4n) is 2.90. The van der Waals surface area contributed by atoms with E-state index in [9.17, 15) is 4.79 Å². The molecule has 0 atom stereocenters. The number of benzene rings is 2. The molecule has 0 saturated heterocycles. The van der Waals surface area contributed by atoms with Gasteiger partial charge in [-0.2, -0.15) is 5.10 Å². The summed E-state index contributed by atoms with van der Waals surface area (Å²) in [6, 6.07) is 18.9. The van der Waals surface area contributed by atoms with Crippen molar-refractivity contribution < 1.29 is 9.53 Å². The molecule has 0 aliphatic rings. The lowest BCUT2D eigenvalue weighted by atomic mass is 10.2. The molecule has 0 unspecified atom stereocenters. The van der Waals surface area contributed by atoms with Gasteiger partial charge in [-0.25, -0.2) is 5.43 Å². The smallest absolute Gasteiger partial charge is 0.271 e. The van der Waals surface area contributed by atoms with Crippen LogP contribution in [0.5, 0.6) is 5.75 Å². The average Bonchev–Trinajstić information content (AvgIpc) is 3.05. The number of para-hydroxylation sites is 1. The highest BCUT2D eigenvalue weighted by Crippen LogP contribution is 2.17. The number of nitrogens with one attached hydrogen (secondary N) is 1. The molecule has 0 fully saturated rings. The van der Waals surface area contributed by atoms with Gasteiger partial charge in [0.25, 0.3) is 5.91 Å². The highest BCUT2D eigenvalue weighted by atomic mass is 16.5. The number of carbonyl (C=O) groups is 1. The van der Waals surface area contributed by atoms with Gasteiger partial charge >= 0.3 is 0 Å². The lowest BCUT2D eigenvalue weighted by molar-refractivity contribution is 0.0955. The predicted molar refractivity (Wildman–Crippen MR) is 111 cm³/mol. The molecule has 0 aliphatic carbocycles. The first kappa shape index (κ1) is 19.0. The van der Waals surface area contributed by atoms with E-state index in [0.717, 1.165) is 22.6 Å². The number of rotatable bonds is 6. The molecule has 140 valence electrons. The summed E-state index contributed by atoms with van der Waals surface area (Å²) in [7, 11) is 0. The van der Waals surface area contributed by atoms with Gasteiger partial charge in [0.05, 0.1) is 6.21 Å². The Morgan fingerprint density at radius 3 is 2.46 bits per heavy atom. The third-order valence-electron chi connectivity index (χ3n) is 4.26. The third-order valence-corrected chi connectivity index (χ3v) is 4.26. The first-order chi connectivity index (χ1) is 13.6. The Kier molecular flexibility index (Phi) is 5.93. The number of amides is 1. The second-order valence-corrected chi connectivity index (χ2v) is 6.23. The Labute approximate surface area is 164 Å². The molecule has 2 aromatic carbocycles. The molecule has 5 heteroatoms. The van der Waals surface area contributed by atoms with Crippen molar-refractivity contribution in [3.05, 3.63) is 83.2 Å². The first-order valence-corrected chi connectivity index (χ1v) is 8.84. The van der Waals surface area contributed by atoms with Crippen molar-refractivity contribution in [3.63, 3.8) is 0 Å². The van der Waals surface area contributed by atoms with Crippen LogP contribution >= 0.6 is 0 Å². The Morgan fingerprint density at radius 1 is 1.11 bits per heavy atom. The molecule has 0 bridgehead atoms. The van der Waals surface area contributed by atoms with Crippen molar-refractivity contribution in [2.45, 2.75) is 13.8 Å². The second-order valence-electron chi connectivity index (χ2n) is 6.23. The number of ether oxygens (including phenoxy) is 1. The zero-order chi connectivity index (χ0) is 19.9. The third kappa shape index (κ3) is 4.30. The van der Waals surface area contributed by atoms with E-state index in [1.165, 1.54) is 6.21 Å². The first-order valence-electron chi connectivity index (χ1n) is 8.84. The monoisotopic (exact) mass is 371 g/mol. The van der Waals surface area contributed by atoms with Gasteiger partial charge in [0.15, 0.2) is 0 Å². The molecular formula is C23H21N3O2. The number of hydrogen-bond donors (Lipinski definition) is 1. The number of nitrogens with zero attached hydrogens (tertiary/aromatic N) is 2. The van der Waals surface area contributed by atoms with Crippen LogP contribution in [0.2, 0.25) is 0 Å². The number of terminal acetylenes is 1. The van der Waals surface area contributed by atoms with E-state index in [0.29, 0.717) is 11.3 Å². The standard InChI is InChI=1S/C23H21N3O2/c1-4-15-28-22-8-6-5-7-20(22)16-24-25-23(27)19-11-13-21(14-12-19)26-17(2)9-10-18(26)3/h1,5-14,16H,15H2,2-3H3,(H,25,27)/b24-16-. The predicted octanol–water partition coefficient (Wildman–Crippen LogP) is 3.87. The van der Waals surface area contributed by atoms with Crippen LogP contribution in [0.3, 0.4) is 0 Å². The second kappa shape index (κ2) is 8.74. The normalized spacial score (nSPS) is 10.6. The summed E-state index contributed by atoms with van der Waals surface area (Å²) in [6.07, 6.45) is 6.75. The van der Waals surface area contributed by atoms with Gasteiger partial charge in [-0.3, -0.25) is 4.79 Å². The van der Waals surface area contributed by atoms with E-state index in [1.54, 1.807) is 18.2 Å². The fourth-order valence-corrected chi connectivity index (χ4v) is 2.90. The van der Waals surface area contributed by atoms with Gasteiger partial charge in [0.1, 0.15) is 12.4 Å². The Hall–Kier alpha value is -3.78. The number of hydrazone groups is 1. The van der Waals surface area contributed by atoms with Crippen LogP contribution in [-0.2, 0) is 0 Å². The summed E-state index contributed by atoms with van der Waals surface area (Å²) in [6.45, 7) is 4.27. The van der Waals surface area contributed by atoms with Crippen LogP contribution in [0.15, 0.2) is 65.8 Å². The molecular weight excluding hydrogens is 350 g/mol. The van der Waals surface area contributed by atoms with Gasteiger partial charge in [-0.15, -0.1) is 6.42 Å². The minimum atomic E-state index is -0.286. The van der Waals surface area contributed by atoms with Crippen molar-refractivity contribution in [1.29, 1.82) is 0 Å². The van der Waals surface area contributed by atoms with Crippen molar-refractivity contribution in [2.24, 2.45) is 5.10 Å². The molecule has 1 heterocycles. The zero-order valence-corrected chi connectivity index (χ0v) is 15.8. The number of hydrogen-bond acceptors (Lipinski definition) is 3. The summed E-state index contributed by atoms with van der Waals surface area (Å²) >= 11 is 0. The van der Waals surface area contributed by atoms with Crippen LogP contribution in [-0.4, -0.2) is 23.3 Å². The van der Waals surface area contributed by atoms with E-state index < -0.39 is 0 Å². The number of carbonyl (C=O) groups excluding carboxylic acids is 1. The van der Waals surface area contributed by atoms with E-state index in [2.05, 4.69) is 33.1 Å². The minimum Gasteiger partial charge on any atom is -0.480 e. The quantitative estimate of drug-likeness (QED) is 0.406. The highest BCUT2D eigenvalue weighted by Gasteiger charge is 2.07. The maximum Gasteiger partial charge on any atom is 0.271 e. The summed E-state index contributed by atoms with van der Waals surface area (Å²) < 4.78 is 7.59. The van der Waals surface area contributed by atoms with Crippen LogP contribution in [0.25, 0.3) is 5.69 Å². The van der Waals surface area contributed by atoms with Gasteiger partial charge in [-0.05, 0) is 62.4 Å². The van der Waals surface area contributed by atoms with E-state index >= 15 is 0 Å². The Bertz CT molecular complexity index is 1020. The van der Waals surface area contributed by atoms with E-state index in [4.69, 9.17) is 11.2 Å². The zero-order valence-electron chi connectivity index (χ0n) is 15.8. The van der Waals surface area contributed by atoms with Gasteiger partial charge in [0.2, 0.25) is 0 Å². The topological polar surface area (TPSA) is 55.6 Å². The molecule has 0 aliphatic heterocycles. The molecule has 0 spiro atoms. The van der Waals surface area contributed by atoms with Gasteiger partial charge in [0, 0.05) is 28.2 Å². The lowest BCUT2D eigenvalue weighted by Gasteiger charge is -2.10. The lowest BCUT2D eigenvalue weighted by Crippen LogP contribution is -2.17. The molecule has 0 saturated carbocycles. The van der Waals surface area contributed by atoms with Crippen LogP contribution in [0, 0.1) is 26.2 Å².